The van der Waals surface area contributed by atoms with Gasteiger partial charge in [0.15, 0.2) is 0 Å². The lowest BCUT2D eigenvalue weighted by atomic mass is 10.1. The minimum absolute atomic E-state index is 0.0726. The number of nitrogens with zero attached hydrogens (tertiary/aromatic N) is 2. The van der Waals surface area contributed by atoms with Gasteiger partial charge in [0.1, 0.15) is 11.6 Å². The molecule has 1 amide bonds. The van der Waals surface area contributed by atoms with Crippen molar-refractivity contribution in [1.29, 1.82) is 5.26 Å². The Morgan fingerprint density at radius 1 is 1.10 bits per heavy atom. The van der Waals surface area contributed by atoms with Crippen molar-refractivity contribution >= 4 is 43.6 Å². The maximum Gasteiger partial charge on any atom is 0.266 e. The van der Waals surface area contributed by atoms with Crippen LogP contribution in [-0.4, -0.2) is 31.7 Å². The molecule has 1 aliphatic heterocycles. The normalized spacial score (nSPS) is 15.5. The van der Waals surface area contributed by atoms with Crippen molar-refractivity contribution in [2.24, 2.45) is 0 Å². The van der Waals surface area contributed by atoms with Crippen LogP contribution in [0.4, 0.5) is 5.69 Å². The summed E-state index contributed by atoms with van der Waals surface area (Å²) in [5.41, 5.74) is 0.961. The summed E-state index contributed by atoms with van der Waals surface area (Å²) in [5, 5.41) is 12.0. The third-order valence-electron chi connectivity index (χ3n) is 4.59. The number of sulfonamides is 1. The molecule has 29 heavy (non-hydrogen) atoms. The molecule has 0 spiro atoms. The summed E-state index contributed by atoms with van der Waals surface area (Å²) in [4.78, 5) is 12.6. The number of nitrogens with one attached hydrogen (secondary N) is 1. The van der Waals surface area contributed by atoms with Gasteiger partial charge in [-0.2, -0.15) is 9.57 Å². The van der Waals surface area contributed by atoms with E-state index in [4.69, 9.17) is 0 Å². The Hall–Kier alpha value is -2.47. The van der Waals surface area contributed by atoms with Gasteiger partial charge < -0.3 is 5.32 Å². The summed E-state index contributed by atoms with van der Waals surface area (Å²) in [6, 6.07) is 15.2. The molecular weight excluding hydrogens is 454 g/mol. The monoisotopic (exact) mass is 473 g/mol. The molecule has 8 heteroatoms. The molecule has 0 unspecified atom stereocenters. The highest BCUT2D eigenvalue weighted by molar-refractivity contribution is 9.10. The molecule has 2 aromatic carbocycles. The van der Waals surface area contributed by atoms with E-state index in [0.717, 1.165) is 23.7 Å². The SMILES string of the molecule is N#C/C(=C\c1ccc(Br)cc1)C(=O)Nc1cccc(S(=O)(=O)N2CCCCC2)c1. The van der Waals surface area contributed by atoms with E-state index in [1.807, 2.05) is 18.2 Å². The Labute approximate surface area is 179 Å². The van der Waals surface area contributed by atoms with Crippen molar-refractivity contribution in [1.82, 2.24) is 4.31 Å². The largest absolute Gasteiger partial charge is 0.321 e. The predicted molar refractivity (Wildman–Crippen MR) is 115 cm³/mol. The van der Waals surface area contributed by atoms with Crippen LogP contribution in [0, 0.1) is 11.3 Å². The van der Waals surface area contributed by atoms with Gasteiger partial charge in [0, 0.05) is 23.2 Å². The zero-order chi connectivity index (χ0) is 20.9. The van der Waals surface area contributed by atoms with Crippen LogP contribution in [0.15, 0.2) is 63.5 Å². The fourth-order valence-corrected chi connectivity index (χ4v) is 4.89. The quantitative estimate of drug-likeness (QED) is 0.520. The minimum Gasteiger partial charge on any atom is -0.321 e. The standard InChI is InChI=1S/C21H20BrN3O3S/c22-18-9-7-16(8-10-18)13-17(15-23)21(26)24-19-5-4-6-20(14-19)29(27,28)25-11-2-1-3-12-25/h4-10,13-14H,1-3,11-12H2,(H,24,26)/b17-13+. The second-order valence-electron chi connectivity index (χ2n) is 6.67. The van der Waals surface area contributed by atoms with Gasteiger partial charge in [-0.25, -0.2) is 8.42 Å². The van der Waals surface area contributed by atoms with Crippen LogP contribution < -0.4 is 5.32 Å². The van der Waals surface area contributed by atoms with Crippen LogP contribution in [0.3, 0.4) is 0 Å². The molecule has 1 fully saturated rings. The van der Waals surface area contributed by atoms with Gasteiger partial charge in [-0.1, -0.05) is 40.5 Å². The molecule has 0 bridgehead atoms. The summed E-state index contributed by atoms with van der Waals surface area (Å²) in [7, 11) is -3.60. The maximum atomic E-state index is 12.8. The first kappa shape index (κ1) is 21.2. The lowest BCUT2D eigenvalue weighted by molar-refractivity contribution is -0.112. The molecule has 150 valence electrons. The van der Waals surface area contributed by atoms with E-state index in [-0.39, 0.29) is 10.5 Å². The molecule has 0 saturated carbocycles. The van der Waals surface area contributed by atoms with E-state index in [2.05, 4.69) is 21.2 Å². The first-order valence-corrected chi connectivity index (χ1v) is 11.4. The smallest absolute Gasteiger partial charge is 0.266 e. The van der Waals surface area contributed by atoms with Gasteiger partial charge in [0.25, 0.3) is 5.91 Å². The molecule has 1 heterocycles. The lowest BCUT2D eigenvalue weighted by Crippen LogP contribution is -2.35. The predicted octanol–water partition coefficient (Wildman–Crippen LogP) is 4.17. The summed E-state index contributed by atoms with van der Waals surface area (Å²) >= 11 is 3.34. The molecule has 1 aliphatic rings. The molecule has 0 aliphatic carbocycles. The number of carbonyl (C=O) groups is 1. The van der Waals surface area contributed by atoms with Gasteiger partial charge in [-0.3, -0.25) is 4.79 Å². The summed E-state index contributed by atoms with van der Waals surface area (Å²) in [6.07, 6.45) is 4.21. The van der Waals surface area contributed by atoms with E-state index < -0.39 is 15.9 Å². The van der Waals surface area contributed by atoms with Crippen LogP contribution in [0.2, 0.25) is 0 Å². The maximum absolute atomic E-state index is 12.8. The van der Waals surface area contributed by atoms with Crippen molar-refractivity contribution in [3.05, 3.63) is 64.1 Å². The van der Waals surface area contributed by atoms with Crippen molar-refractivity contribution in [3.8, 4) is 6.07 Å². The van der Waals surface area contributed by atoms with Crippen LogP contribution in [0.1, 0.15) is 24.8 Å². The van der Waals surface area contributed by atoms with Crippen molar-refractivity contribution in [3.63, 3.8) is 0 Å². The third kappa shape index (κ3) is 5.32. The fraction of sp³-hybridized carbons (Fsp3) is 0.238. The van der Waals surface area contributed by atoms with E-state index in [0.29, 0.717) is 24.3 Å². The number of halogens is 1. The van der Waals surface area contributed by atoms with Gasteiger partial charge in [0.05, 0.1) is 4.90 Å². The van der Waals surface area contributed by atoms with Gasteiger partial charge in [-0.15, -0.1) is 0 Å². The average molecular weight is 474 g/mol. The Morgan fingerprint density at radius 3 is 2.45 bits per heavy atom. The highest BCUT2D eigenvalue weighted by Gasteiger charge is 2.26. The van der Waals surface area contributed by atoms with Gasteiger partial charge >= 0.3 is 0 Å². The minimum atomic E-state index is -3.60. The van der Waals surface area contributed by atoms with E-state index in [1.165, 1.54) is 22.5 Å². The van der Waals surface area contributed by atoms with Crippen molar-refractivity contribution in [2.45, 2.75) is 24.2 Å². The number of rotatable bonds is 5. The zero-order valence-corrected chi connectivity index (χ0v) is 18.0. The molecule has 1 saturated heterocycles. The molecule has 2 aromatic rings. The highest BCUT2D eigenvalue weighted by Crippen LogP contribution is 2.23. The number of carbonyl (C=O) groups excluding carboxylic acids is 1. The Balaban J connectivity index is 1.79. The van der Waals surface area contributed by atoms with Gasteiger partial charge in [-0.05, 0) is 54.8 Å². The number of anilines is 1. The number of amides is 1. The lowest BCUT2D eigenvalue weighted by Gasteiger charge is -2.26. The second-order valence-corrected chi connectivity index (χ2v) is 9.52. The molecule has 0 aromatic heterocycles. The van der Waals surface area contributed by atoms with Crippen LogP contribution >= 0.6 is 15.9 Å². The molecular formula is C21H20BrN3O3S. The number of hydrogen-bond acceptors (Lipinski definition) is 4. The molecule has 3 rings (SSSR count). The number of benzene rings is 2. The van der Waals surface area contributed by atoms with Crippen LogP contribution in [0.5, 0.6) is 0 Å². The topological polar surface area (TPSA) is 90.3 Å². The number of piperidine rings is 1. The summed E-state index contributed by atoms with van der Waals surface area (Å²) in [5.74, 6) is -0.595. The van der Waals surface area contributed by atoms with Crippen molar-refractivity contribution < 1.29 is 13.2 Å². The van der Waals surface area contributed by atoms with Crippen molar-refractivity contribution in [2.75, 3.05) is 18.4 Å². The average Bonchev–Trinajstić information content (AvgIpc) is 2.74. The summed E-state index contributed by atoms with van der Waals surface area (Å²) in [6.45, 7) is 1.01. The molecule has 6 nitrogen and oxygen atoms in total. The Kier molecular flexibility index (Phi) is 6.85. The first-order valence-electron chi connectivity index (χ1n) is 9.19. The molecule has 1 N–H and O–H groups in total. The third-order valence-corrected chi connectivity index (χ3v) is 7.01. The zero-order valence-electron chi connectivity index (χ0n) is 15.6. The number of hydrogen-bond donors (Lipinski definition) is 1. The van der Waals surface area contributed by atoms with E-state index in [1.54, 1.807) is 24.3 Å². The molecule has 0 atom stereocenters. The Morgan fingerprint density at radius 2 is 1.79 bits per heavy atom. The fourth-order valence-electron chi connectivity index (χ4n) is 3.06. The Bertz CT molecular complexity index is 1070. The van der Waals surface area contributed by atoms with Gasteiger partial charge in [0.2, 0.25) is 10.0 Å². The van der Waals surface area contributed by atoms with Crippen LogP contribution in [0.25, 0.3) is 6.08 Å². The van der Waals surface area contributed by atoms with E-state index >= 15 is 0 Å². The second kappa shape index (κ2) is 9.35. The van der Waals surface area contributed by atoms with E-state index in [9.17, 15) is 18.5 Å². The highest BCUT2D eigenvalue weighted by atomic mass is 79.9. The first-order chi connectivity index (χ1) is 13.9. The van der Waals surface area contributed by atoms with Crippen LogP contribution in [-0.2, 0) is 14.8 Å². The summed E-state index contributed by atoms with van der Waals surface area (Å²) < 4.78 is 28.0. The number of nitriles is 1. The molecule has 0 radical (unpaired) electrons.